The first-order valence-electron chi connectivity index (χ1n) is 8.44. The Balaban J connectivity index is 1.59. The molecule has 1 aliphatic rings. The summed E-state index contributed by atoms with van der Waals surface area (Å²) in [5.41, 5.74) is 3.41. The van der Waals surface area contributed by atoms with Crippen molar-refractivity contribution in [2.24, 2.45) is 0 Å². The van der Waals surface area contributed by atoms with Gasteiger partial charge in [0.15, 0.2) is 0 Å². The third kappa shape index (κ3) is 2.86. The molecule has 2 N–H and O–H groups in total. The molecule has 0 aliphatic carbocycles. The average molecular weight is 346 g/mol. The summed E-state index contributed by atoms with van der Waals surface area (Å²) in [5.74, 6) is 0.211. The van der Waals surface area contributed by atoms with E-state index in [4.69, 9.17) is 0 Å². The molecule has 0 saturated carbocycles. The largest absolute Gasteiger partial charge is 0.326 e. The van der Waals surface area contributed by atoms with Crippen LogP contribution in [0.15, 0.2) is 60.7 Å². The van der Waals surface area contributed by atoms with Crippen molar-refractivity contribution in [1.82, 2.24) is 9.78 Å². The Labute approximate surface area is 150 Å². The Kier molecular flexibility index (Phi) is 4.01. The topological polar surface area (TPSA) is 76.0 Å². The SMILES string of the molecule is Cc1nn2c(c1-c1ccccc1)NC(=O)[C@@H]2CC(=O)Nc1ccccc1. The lowest BCUT2D eigenvalue weighted by atomic mass is 10.1. The van der Waals surface area contributed by atoms with Gasteiger partial charge in [-0.2, -0.15) is 5.10 Å². The van der Waals surface area contributed by atoms with Crippen LogP contribution < -0.4 is 10.6 Å². The molecule has 2 aromatic carbocycles. The molecule has 2 amide bonds. The van der Waals surface area contributed by atoms with Crippen LogP contribution in [0.3, 0.4) is 0 Å². The van der Waals surface area contributed by atoms with Crippen LogP contribution in [-0.2, 0) is 9.59 Å². The molecule has 0 fully saturated rings. The third-order valence-electron chi connectivity index (χ3n) is 4.42. The van der Waals surface area contributed by atoms with Crippen molar-refractivity contribution in [1.29, 1.82) is 0 Å². The molecule has 0 spiro atoms. The first-order valence-corrected chi connectivity index (χ1v) is 8.44. The quantitative estimate of drug-likeness (QED) is 0.760. The highest BCUT2D eigenvalue weighted by atomic mass is 16.2. The lowest BCUT2D eigenvalue weighted by molar-refractivity contribution is -0.123. The second kappa shape index (κ2) is 6.48. The molecule has 26 heavy (non-hydrogen) atoms. The van der Waals surface area contributed by atoms with Gasteiger partial charge < -0.3 is 10.6 Å². The molecule has 4 rings (SSSR count). The summed E-state index contributed by atoms with van der Waals surface area (Å²) in [5, 5.41) is 10.2. The van der Waals surface area contributed by atoms with Crippen molar-refractivity contribution >= 4 is 23.3 Å². The fraction of sp³-hybridized carbons (Fsp3) is 0.150. The first kappa shape index (κ1) is 16.1. The lowest BCUT2D eigenvalue weighted by Crippen LogP contribution is -2.23. The number of hydrogen-bond acceptors (Lipinski definition) is 3. The standard InChI is InChI=1S/C20H18N4O2/c1-13-18(14-8-4-2-5-9-14)19-22-20(26)16(24(19)23-13)12-17(25)21-15-10-6-3-7-11-15/h2-11,16H,12H2,1H3,(H,21,25)(H,22,26)/t16-/m0/s1. The minimum atomic E-state index is -0.648. The summed E-state index contributed by atoms with van der Waals surface area (Å²) in [6.45, 7) is 1.90. The van der Waals surface area contributed by atoms with E-state index in [9.17, 15) is 9.59 Å². The van der Waals surface area contributed by atoms with Crippen LogP contribution in [0.2, 0.25) is 0 Å². The maximum atomic E-state index is 12.4. The number of para-hydroxylation sites is 1. The molecule has 0 unspecified atom stereocenters. The van der Waals surface area contributed by atoms with Gasteiger partial charge in [0, 0.05) is 11.3 Å². The number of nitrogens with zero attached hydrogens (tertiary/aromatic N) is 2. The molecule has 3 aromatic rings. The van der Waals surface area contributed by atoms with E-state index in [2.05, 4.69) is 15.7 Å². The zero-order valence-electron chi connectivity index (χ0n) is 14.3. The zero-order valence-corrected chi connectivity index (χ0v) is 14.3. The van der Waals surface area contributed by atoms with Crippen LogP contribution in [0.5, 0.6) is 0 Å². The summed E-state index contributed by atoms with van der Waals surface area (Å²) in [6, 6.07) is 18.3. The van der Waals surface area contributed by atoms with Gasteiger partial charge in [0.1, 0.15) is 11.9 Å². The number of hydrogen-bond donors (Lipinski definition) is 2. The molecule has 130 valence electrons. The van der Waals surface area contributed by atoms with Crippen molar-refractivity contribution < 1.29 is 9.59 Å². The number of amides is 2. The molecule has 1 aliphatic heterocycles. The van der Waals surface area contributed by atoms with Crippen molar-refractivity contribution in [2.75, 3.05) is 10.6 Å². The number of nitrogens with one attached hydrogen (secondary N) is 2. The zero-order chi connectivity index (χ0) is 18.1. The Hall–Kier alpha value is -3.41. The van der Waals surface area contributed by atoms with Crippen molar-refractivity contribution in [3.05, 3.63) is 66.4 Å². The Morgan fingerprint density at radius 1 is 1.12 bits per heavy atom. The number of fused-ring (bicyclic) bond motifs is 1. The smallest absolute Gasteiger partial charge is 0.251 e. The van der Waals surface area contributed by atoms with Crippen molar-refractivity contribution in [3.8, 4) is 11.1 Å². The van der Waals surface area contributed by atoms with Gasteiger partial charge in [0.25, 0.3) is 5.91 Å². The first-order chi connectivity index (χ1) is 12.6. The van der Waals surface area contributed by atoms with E-state index in [0.29, 0.717) is 11.5 Å². The number of aryl methyl sites for hydroxylation is 1. The summed E-state index contributed by atoms with van der Waals surface area (Å²) in [7, 11) is 0. The molecule has 0 bridgehead atoms. The normalized spacial score (nSPS) is 15.4. The van der Waals surface area contributed by atoms with Gasteiger partial charge in [-0.05, 0) is 24.6 Å². The second-order valence-electron chi connectivity index (χ2n) is 6.24. The number of carbonyl (C=O) groups excluding carboxylic acids is 2. The van der Waals surface area contributed by atoms with Crippen LogP contribution >= 0.6 is 0 Å². The van der Waals surface area contributed by atoms with Gasteiger partial charge in [-0.3, -0.25) is 9.59 Å². The molecule has 0 saturated heterocycles. The van der Waals surface area contributed by atoms with E-state index in [1.54, 1.807) is 4.68 Å². The highest BCUT2D eigenvalue weighted by Crippen LogP contribution is 2.38. The number of rotatable bonds is 4. The highest BCUT2D eigenvalue weighted by molar-refractivity contribution is 6.04. The molecule has 1 aromatic heterocycles. The third-order valence-corrected chi connectivity index (χ3v) is 4.42. The molecular formula is C20H18N4O2. The fourth-order valence-electron chi connectivity index (χ4n) is 3.24. The minimum absolute atomic E-state index is 0.0308. The van der Waals surface area contributed by atoms with Crippen LogP contribution in [0, 0.1) is 6.92 Å². The van der Waals surface area contributed by atoms with E-state index < -0.39 is 6.04 Å². The Morgan fingerprint density at radius 3 is 2.46 bits per heavy atom. The molecule has 6 nitrogen and oxygen atoms in total. The highest BCUT2D eigenvalue weighted by Gasteiger charge is 2.36. The number of benzene rings is 2. The average Bonchev–Trinajstić information content (AvgIpc) is 3.11. The monoisotopic (exact) mass is 346 g/mol. The Morgan fingerprint density at radius 2 is 1.77 bits per heavy atom. The van der Waals surface area contributed by atoms with Gasteiger partial charge in [-0.1, -0.05) is 48.5 Å². The van der Waals surface area contributed by atoms with Crippen LogP contribution in [-0.4, -0.2) is 21.6 Å². The van der Waals surface area contributed by atoms with Gasteiger partial charge in [0.2, 0.25) is 5.91 Å². The van der Waals surface area contributed by atoms with Gasteiger partial charge in [-0.25, -0.2) is 4.68 Å². The predicted molar refractivity (Wildman–Crippen MR) is 99.8 cm³/mol. The maximum Gasteiger partial charge on any atom is 0.251 e. The number of carbonyl (C=O) groups is 2. The van der Waals surface area contributed by atoms with E-state index in [1.807, 2.05) is 67.6 Å². The van der Waals surface area contributed by atoms with E-state index in [1.165, 1.54) is 0 Å². The second-order valence-corrected chi connectivity index (χ2v) is 6.24. The van der Waals surface area contributed by atoms with Crippen molar-refractivity contribution in [2.45, 2.75) is 19.4 Å². The summed E-state index contributed by atoms with van der Waals surface area (Å²) >= 11 is 0. The van der Waals surface area contributed by atoms with Crippen LogP contribution in [0.1, 0.15) is 18.2 Å². The molecule has 2 heterocycles. The fourth-order valence-corrected chi connectivity index (χ4v) is 3.24. The van der Waals surface area contributed by atoms with Crippen LogP contribution in [0.4, 0.5) is 11.5 Å². The number of anilines is 2. The lowest BCUT2D eigenvalue weighted by Gasteiger charge is -2.10. The van der Waals surface area contributed by atoms with Crippen molar-refractivity contribution in [3.63, 3.8) is 0 Å². The number of aromatic nitrogens is 2. The maximum absolute atomic E-state index is 12.4. The molecule has 1 atom stereocenters. The summed E-state index contributed by atoms with van der Waals surface area (Å²) in [4.78, 5) is 24.8. The molecular weight excluding hydrogens is 328 g/mol. The predicted octanol–water partition coefficient (Wildman–Crippen LogP) is 3.38. The minimum Gasteiger partial charge on any atom is -0.326 e. The van der Waals surface area contributed by atoms with Gasteiger partial charge in [0.05, 0.1) is 12.1 Å². The Bertz CT molecular complexity index is 964. The van der Waals surface area contributed by atoms with E-state index in [-0.39, 0.29) is 18.2 Å². The van der Waals surface area contributed by atoms with Gasteiger partial charge in [-0.15, -0.1) is 0 Å². The van der Waals surface area contributed by atoms with E-state index >= 15 is 0 Å². The summed E-state index contributed by atoms with van der Waals surface area (Å²) in [6.07, 6.45) is 0.0308. The van der Waals surface area contributed by atoms with E-state index in [0.717, 1.165) is 16.8 Å². The molecule has 0 radical (unpaired) electrons. The summed E-state index contributed by atoms with van der Waals surface area (Å²) < 4.78 is 1.63. The van der Waals surface area contributed by atoms with Crippen LogP contribution in [0.25, 0.3) is 11.1 Å². The van der Waals surface area contributed by atoms with Gasteiger partial charge >= 0.3 is 0 Å². The molecule has 6 heteroatoms.